The second kappa shape index (κ2) is 12.7. The molecule has 35 heavy (non-hydrogen) atoms. The molecule has 0 bridgehead atoms. The van der Waals surface area contributed by atoms with Crippen molar-refractivity contribution in [3.63, 3.8) is 0 Å². The van der Waals surface area contributed by atoms with E-state index in [0.29, 0.717) is 28.4 Å². The number of carbonyl (C=O) groups excluding carboxylic acids is 2. The Bertz CT molecular complexity index is 1140. The fourth-order valence-electron chi connectivity index (χ4n) is 3.40. The van der Waals surface area contributed by atoms with Gasteiger partial charge in [0.15, 0.2) is 11.5 Å². The molecule has 2 aliphatic rings. The second-order valence-corrected chi connectivity index (χ2v) is 8.25. The first kappa shape index (κ1) is 27.6. The van der Waals surface area contributed by atoms with E-state index in [0.717, 1.165) is 25.7 Å². The number of ketones is 1. The number of carbonyl (C=O) groups is 2. The summed E-state index contributed by atoms with van der Waals surface area (Å²) in [6, 6.07) is 6.85. The standard InChI is InChI=1S/C22H24N4O4.C3H6.C2H6/c1-11(23)14-4-3-5-15(20(14)30-2)24-16-10-17(25-21(28)13-8-9-13)26-22(29)18(16)19(27)12-6-7-12;1-3-2;1-2/h3-5,10,12-13,23H,6-9H2,1-2H3,(H3,24,25,26,28,29);3H,1H2,2H3;1-2H3. The highest BCUT2D eigenvalue weighted by Gasteiger charge is 2.34. The van der Waals surface area contributed by atoms with Crippen LogP contribution in [0.1, 0.15) is 69.3 Å². The molecule has 8 nitrogen and oxygen atoms in total. The highest BCUT2D eigenvalue weighted by atomic mass is 16.5. The van der Waals surface area contributed by atoms with E-state index in [9.17, 15) is 14.4 Å². The van der Waals surface area contributed by atoms with Crippen LogP contribution in [0.3, 0.4) is 0 Å². The number of amides is 1. The minimum atomic E-state index is -0.540. The number of para-hydroxylation sites is 1. The molecule has 0 atom stereocenters. The van der Waals surface area contributed by atoms with Gasteiger partial charge in [-0.3, -0.25) is 14.4 Å². The number of aromatic amines is 1. The summed E-state index contributed by atoms with van der Waals surface area (Å²) < 4.78 is 5.49. The smallest absolute Gasteiger partial charge is 0.262 e. The zero-order valence-electron chi connectivity index (χ0n) is 21.2. The summed E-state index contributed by atoms with van der Waals surface area (Å²) in [6.07, 6.45) is 4.96. The maximum atomic E-state index is 12.8. The number of nitrogens with one attached hydrogen (secondary N) is 4. The van der Waals surface area contributed by atoms with Gasteiger partial charge >= 0.3 is 0 Å². The molecule has 0 aliphatic heterocycles. The van der Waals surface area contributed by atoms with E-state index >= 15 is 0 Å². The summed E-state index contributed by atoms with van der Waals surface area (Å²) in [4.78, 5) is 40.4. The summed E-state index contributed by atoms with van der Waals surface area (Å²) in [7, 11) is 1.50. The largest absolute Gasteiger partial charge is 0.494 e. The molecule has 2 saturated carbocycles. The van der Waals surface area contributed by atoms with E-state index in [4.69, 9.17) is 10.1 Å². The van der Waals surface area contributed by atoms with Gasteiger partial charge in [-0.2, -0.15) is 0 Å². The lowest BCUT2D eigenvalue weighted by atomic mass is 10.1. The molecular formula is C27H36N4O4. The first-order valence-corrected chi connectivity index (χ1v) is 12.0. The lowest BCUT2D eigenvalue weighted by molar-refractivity contribution is -0.117. The number of Topliss-reactive ketones (excluding diaryl/α,β-unsaturated/α-hetero) is 1. The van der Waals surface area contributed by atoms with Crippen LogP contribution in [0.15, 0.2) is 41.7 Å². The fraction of sp³-hybridized carbons (Fsp3) is 0.407. The van der Waals surface area contributed by atoms with Crippen LogP contribution in [-0.2, 0) is 4.79 Å². The number of methoxy groups -OCH3 is 1. The number of anilines is 3. The lowest BCUT2D eigenvalue weighted by Crippen LogP contribution is -2.24. The number of ether oxygens (including phenoxy) is 1. The molecule has 4 rings (SSSR count). The quantitative estimate of drug-likeness (QED) is 0.220. The van der Waals surface area contributed by atoms with Gasteiger partial charge in [-0.15, -0.1) is 6.58 Å². The summed E-state index contributed by atoms with van der Waals surface area (Å²) in [5.74, 6) is 0.165. The number of aromatic nitrogens is 1. The molecule has 0 unspecified atom stereocenters. The van der Waals surface area contributed by atoms with Crippen molar-refractivity contribution in [2.24, 2.45) is 11.8 Å². The minimum Gasteiger partial charge on any atom is -0.494 e. The van der Waals surface area contributed by atoms with E-state index in [-0.39, 0.29) is 34.9 Å². The molecule has 0 radical (unpaired) electrons. The van der Waals surface area contributed by atoms with E-state index in [1.165, 1.54) is 7.11 Å². The van der Waals surface area contributed by atoms with Crippen LogP contribution in [0.25, 0.3) is 0 Å². The third kappa shape index (κ3) is 7.15. The van der Waals surface area contributed by atoms with E-state index < -0.39 is 5.56 Å². The van der Waals surface area contributed by atoms with Crippen molar-refractivity contribution in [2.75, 3.05) is 17.7 Å². The van der Waals surface area contributed by atoms with Gasteiger partial charge in [0.05, 0.1) is 18.5 Å². The van der Waals surface area contributed by atoms with E-state index in [1.54, 1.807) is 37.3 Å². The molecule has 0 spiro atoms. The highest BCUT2D eigenvalue weighted by Crippen LogP contribution is 2.37. The molecule has 1 heterocycles. The predicted octanol–water partition coefficient (Wildman–Crippen LogP) is 5.67. The molecule has 8 heteroatoms. The van der Waals surface area contributed by atoms with Crippen molar-refractivity contribution in [3.05, 3.63) is 58.4 Å². The number of benzene rings is 1. The van der Waals surface area contributed by atoms with Gasteiger partial charge in [-0.25, -0.2) is 0 Å². The molecule has 1 amide bonds. The Morgan fingerprint density at radius 1 is 1.14 bits per heavy atom. The van der Waals surface area contributed by atoms with Crippen LogP contribution in [0.5, 0.6) is 5.75 Å². The number of hydrogen-bond acceptors (Lipinski definition) is 6. The average Bonchev–Trinajstić information content (AvgIpc) is 3.73. The third-order valence-electron chi connectivity index (χ3n) is 5.33. The van der Waals surface area contributed by atoms with E-state index in [1.807, 2.05) is 20.8 Å². The zero-order valence-corrected chi connectivity index (χ0v) is 21.2. The fourth-order valence-corrected chi connectivity index (χ4v) is 3.40. The van der Waals surface area contributed by atoms with Gasteiger partial charge in [-0.1, -0.05) is 26.0 Å². The van der Waals surface area contributed by atoms with Crippen molar-refractivity contribution < 1.29 is 14.3 Å². The summed E-state index contributed by atoms with van der Waals surface area (Å²) in [6.45, 7) is 10.9. The maximum absolute atomic E-state index is 12.8. The predicted molar refractivity (Wildman–Crippen MR) is 141 cm³/mol. The topological polar surface area (TPSA) is 124 Å². The number of pyridine rings is 1. The summed E-state index contributed by atoms with van der Waals surface area (Å²) >= 11 is 0. The van der Waals surface area contributed by atoms with Gasteiger partial charge in [0.1, 0.15) is 11.4 Å². The second-order valence-electron chi connectivity index (χ2n) is 8.25. The van der Waals surface area contributed by atoms with Gasteiger partial charge in [-0.05, 0) is 51.7 Å². The van der Waals surface area contributed by atoms with Crippen molar-refractivity contribution in [2.45, 2.75) is 53.4 Å². The van der Waals surface area contributed by atoms with Crippen LogP contribution in [-0.4, -0.2) is 29.5 Å². The number of allylic oxidation sites excluding steroid dienone is 1. The van der Waals surface area contributed by atoms with Crippen LogP contribution in [0.2, 0.25) is 0 Å². The molecular weight excluding hydrogens is 444 g/mol. The molecule has 1 aromatic carbocycles. The summed E-state index contributed by atoms with van der Waals surface area (Å²) in [5.41, 5.74) is 1.26. The molecule has 1 aromatic heterocycles. The van der Waals surface area contributed by atoms with Crippen molar-refractivity contribution in [1.29, 1.82) is 5.41 Å². The number of rotatable bonds is 8. The number of H-pyrrole nitrogens is 1. The number of hydrogen-bond donors (Lipinski definition) is 4. The molecule has 2 aromatic rings. The normalized spacial score (nSPS) is 13.7. The average molecular weight is 481 g/mol. The highest BCUT2D eigenvalue weighted by molar-refractivity contribution is 6.06. The van der Waals surface area contributed by atoms with E-state index in [2.05, 4.69) is 22.2 Å². The van der Waals surface area contributed by atoms with Crippen LogP contribution in [0.4, 0.5) is 17.2 Å². The Morgan fingerprint density at radius 3 is 2.26 bits per heavy atom. The molecule has 4 N–H and O–H groups in total. The van der Waals surface area contributed by atoms with Gasteiger partial charge in [0.2, 0.25) is 5.91 Å². The minimum absolute atomic E-state index is 0.0231. The van der Waals surface area contributed by atoms with Gasteiger partial charge in [0, 0.05) is 29.2 Å². The first-order valence-electron chi connectivity index (χ1n) is 12.0. The zero-order chi connectivity index (χ0) is 26.1. The van der Waals surface area contributed by atoms with Crippen molar-refractivity contribution in [1.82, 2.24) is 4.98 Å². The molecule has 188 valence electrons. The maximum Gasteiger partial charge on any atom is 0.262 e. The van der Waals surface area contributed by atoms with Crippen LogP contribution in [0, 0.1) is 17.2 Å². The first-order chi connectivity index (χ1) is 16.8. The van der Waals surface area contributed by atoms with Crippen molar-refractivity contribution in [3.8, 4) is 5.75 Å². The van der Waals surface area contributed by atoms with Crippen LogP contribution < -0.4 is 20.9 Å². The van der Waals surface area contributed by atoms with Gasteiger partial charge < -0.3 is 25.8 Å². The van der Waals surface area contributed by atoms with Gasteiger partial charge in [0.25, 0.3) is 5.56 Å². The Kier molecular flexibility index (Phi) is 9.99. The molecule has 2 fully saturated rings. The van der Waals surface area contributed by atoms with Crippen LogP contribution >= 0.6 is 0 Å². The third-order valence-corrected chi connectivity index (χ3v) is 5.33. The SMILES string of the molecule is C=CC.CC.COc1c(Nc2cc(NC(=O)C3CC3)[nH]c(=O)c2C(=O)C2CC2)cccc1C(C)=N. The Balaban J connectivity index is 0.000000803. The summed E-state index contributed by atoms with van der Waals surface area (Å²) in [5, 5.41) is 13.8. The Morgan fingerprint density at radius 2 is 1.74 bits per heavy atom. The lowest BCUT2D eigenvalue weighted by Gasteiger charge is -2.17. The Labute approximate surface area is 206 Å². The monoisotopic (exact) mass is 480 g/mol. The van der Waals surface area contributed by atoms with Crippen molar-refractivity contribution >= 4 is 34.6 Å². The molecule has 0 saturated heterocycles. The Hall–Kier alpha value is -3.68. The molecule has 2 aliphatic carbocycles.